The number of carbonyl (C=O) groups is 4. The summed E-state index contributed by atoms with van der Waals surface area (Å²) >= 11 is 0. The molecule has 15 nitrogen and oxygen atoms in total. The number of piperidine rings is 1. The van der Waals surface area contributed by atoms with E-state index in [0.29, 0.717) is 42.4 Å². The van der Waals surface area contributed by atoms with Crippen LogP contribution in [0.2, 0.25) is 0 Å². The number of ether oxygens (including phenoxy) is 2. The van der Waals surface area contributed by atoms with Crippen LogP contribution in [0.5, 0.6) is 0 Å². The number of aryl methyl sites for hydroxylation is 2. The van der Waals surface area contributed by atoms with Crippen molar-refractivity contribution >= 4 is 56.7 Å². The molecule has 0 saturated carbocycles. The number of para-hydroxylation sites is 1. The number of fused-ring (bicyclic) bond motifs is 3. The van der Waals surface area contributed by atoms with Gasteiger partial charge in [0.1, 0.15) is 12.1 Å². The topological polar surface area (TPSA) is 193 Å². The lowest BCUT2D eigenvalue weighted by Crippen LogP contribution is -2.52. The molecule has 1 aliphatic heterocycles. The molecule has 284 valence electrons. The molecule has 1 fully saturated rings. The Hall–Kier alpha value is -6.51. The van der Waals surface area contributed by atoms with Crippen LogP contribution in [0, 0.1) is 13.8 Å². The van der Waals surface area contributed by atoms with E-state index in [-0.39, 0.29) is 30.3 Å². The van der Waals surface area contributed by atoms with Gasteiger partial charge in [-0.2, -0.15) is 14.9 Å². The van der Waals surface area contributed by atoms with Crippen molar-refractivity contribution in [3.63, 3.8) is 0 Å². The Morgan fingerprint density at radius 2 is 1.47 bits per heavy atom. The predicted molar refractivity (Wildman–Crippen MR) is 205 cm³/mol. The number of benzene rings is 3. The predicted octanol–water partition coefficient (Wildman–Crippen LogP) is 4.39. The molecular formula is C40H42N8O7. The summed E-state index contributed by atoms with van der Waals surface area (Å²) in [5.41, 5.74) is 6.11. The Morgan fingerprint density at radius 1 is 0.836 bits per heavy atom. The van der Waals surface area contributed by atoms with Crippen LogP contribution in [0.3, 0.4) is 0 Å². The van der Waals surface area contributed by atoms with Crippen molar-refractivity contribution in [3.8, 4) is 0 Å². The van der Waals surface area contributed by atoms with E-state index in [1.807, 2.05) is 68.4 Å². The number of aromatic nitrogens is 5. The molecule has 0 bridgehead atoms. The molecule has 4 N–H and O–H groups in total. The molecule has 15 heteroatoms. The first-order valence-corrected chi connectivity index (χ1v) is 18.1. The van der Waals surface area contributed by atoms with E-state index in [4.69, 9.17) is 9.47 Å². The molecule has 0 aliphatic carbocycles. The minimum Gasteiger partial charge on any atom is -0.467 e. The number of urea groups is 1. The maximum atomic E-state index is 13.8. The first-order valence-electron chi connectivity index (χ1n) is 18.1. The number of methoxy groups -OCH3 is 2. The van der Waals surface area contributed by atoms with Crippen molar-refractivity contribution in [1.82, 2.24) is 40.5 Å². The van der Waals surface area contributed by atoms with Crippen LogP contribution in [0.4, 0.5) is 9.59 Å². The maximum absolute atomic E-state index is 13.8. The van der Waals surface area contributed by atoms with Gasteiger partial charge in [0.05, 0.1) is 37.6 Å². The van der Waals surface area contributed by atoms with Crippen molar-refractivity contribution in [2.45, 2.75) is 57.5 Å². The van der Waals surface area contributed by atoms with Crippen LogP contribution in [-0.2, 0) is 31.9 Å². The molecule has 4 heterocycles. The van der Waals surface area contributed by atoms with Crippen molar-refractivity contribution in [3.05, 3.63) is 105 Å². The third kappa shape index (κ3) is 7.63. The lowest BCUT2D eigenvalue weighted by Gasteiger charge is -2.31. The normalized spacial score (nSPS) is 14.5. The van der Waals surface area contributed by atoms with Gasteiger partial charge < -0.3 is 30.0 Å². The number of hydrogen-bond acceptors (Lipinski definition) is 9. The molecule has 1 saturated heterocycles. The number of likely N-dealkylation sites (tertiary alicyclic amines) is 1. The number of esters is 2. The van der Waals surface area contributed by atoms with Crippen LogP contribution in [0.25, 0.3) is 32.7 Å². The number of nitrogens with zero attached hydrogens (tertiary/aromatic N) is 4. The Labute approximate surface area is 315 Å². The van der Waals surface area contributed by atoms with Crippen LogP contribution in [0.15, 0.2) is 71.8 Å². The van der Waals surface area contributed by atoms with E-state index in [1.54, 1.807) is 17.3 Å². The highest BCUT2D eigenvalue weighted by Crippen LogP contribution is 2.29. The van der Waals surface area contributed by atoms with E-state index in [9.17, 15) is 24.0 Å². The number of hydrogen-bond donors (Lipinski definition) is 4. The molecule has 7 rings (SSSR count). The number of aromatic amines is 2. The Kier molecular flexibility index (Phi) is 10.4. The van der Waals surface area contributed by atoms with Crippen LogP contribution >= 0.6 is 0 Å². The fourth-order valence-corrected chi connectivity index (χ4v) is 7.63. The van der Waals surface area contributed by atoms with Crippen molar-refractivity contribution < 1.29 is 28.7 Å². The minimum absolute atomic E-state index is 0.0303. The third-order valence-electron chi connectivity index (χ3n) is 10.4. The molecule has 3 amide bonds. The quantitative estimate of drug-likeness (QED) is 0.155. The molecule has 3 aromatic carbocycles. The van der Waals surface area contributed by atoms with Gasteiger partial charge in [-0.3, -0.25) is 9.89 Å². The lowest BCUT2D eigenvalue weighted by atomic mass is 9.89. The van der Waals surface area contributed by atoms with Crippen molar-refractivity contribution in [2.75, 3.05) is 27.3 Å². The number of amides is 3. The molecule has 55 heavy (non-hydrogen) atoms. The average Bonchev–Trinajstić information content (AvgIpc) is 3.84. The fourth-order valence-electron chi connectivity index (χ4n) is 7.63. The standard InChI is InChI=1S/C40H42N8O7/c1-22-13-24(15-28-20-41-46-34(22)28)17-32(37(50)54-3)44-39(52)45-33(38(51)55-4)18-25-14-23(2)35-29(16-25)21-42-48(35)40(53)47-11-9-26(10-12-47)30-19-27-7-5-6-8-31(27)43-36(30)49/h5-8,13-16,19-21,26,32-33H,9-12,17-18H2,1-4H3,(H,41,46)(H,43,49)(H2,44,45,52)/t32-,33-/m1/s1. The Morgan fingerprint density at radius 3 is 2.15 bits per heavy atom. The van der Waals surface area contributed by atoms with Crippen LogP contribution < -0.4 is 16.2 Å². The summed E-state index contributed by atoms with van der Waals surface area (Å²) in [6, 6.07) is 13.9. The number of carbonyl (C=O) groups excluding carboxylic acids is 4. The second-order valence-corrected chi connectivity index (χ2v) is 14.0. The summed E-state index contributed by atoms with van der Waals surface area (Å²) in [7, 11) is 2.47. The van der Waals surface area contributed by atoms with Gasteiger partial charge in [-0.1, -0.05) is 30.3 Å². The summed E-state index contributed by atoms with van der Waals surface area (Å²) in [5.74, 6) is -1.29. The van der Waals surface area contributed by atoms with Crippen LogP contribution in [0.1, 0.15) is 46.6 Å². The summed E-state index contributed by atoms with van der Waals surface area (Å²) in [6.45, 7) is 4.71. The van der Waals surface area contributed by atoms with Crippen LogP contribution in [-0.4, -0.2) is 93.3 Å². The Bertz CT molecular complexity index is 2490. The molecule has 1 aliphatic rings. The van der Waals surface area contributed by atoms with Gasteiger partial charge in [-0.05, 0) is 84.5 Å². The third-order valence-corrected chi connectivity index (χ3v) is 10.4. The highest BCUT2D eigenvalue weighted by atomic mass is 16.5. The molecule has 0 spiro atoms. The average molecular weight is 747 g/mol. The molecule has 2 atom stereocenters. The monoisotopic (exact) mass is 746 g/mol. The smallest absolute Gasteiger partial charge is 0.345 e. The highest BCUT2D eigenvalue weighted by Gasteiger charge is 2.30. The number of rotatable bonds is 9. The number of pyridine rings is 1. The summed E-state index contributed by atoms with van der Waals surface area (Å²) in [5, 5.41) is 19.3. The second kappa shape index (κ2) is 15.5. The summed E-state index contributed by atoms with van der Waals surface area (Å²) in [6.07, 6.45) is 4.78. The zero-order chi connectivity index (χ0) is 38.8. The molecule has 3 aromatic heterocycles. The largest absolute Gasteiger partial charge is 0.467 e. The SMILES string of the molecule is COC(=O)[C@@H](Cc1cc(C)c2[nH]ncc2c1)NC(=O)N[C@H](Cc1cc(C)c2c(cnn2C(=O)N2CCC(c3cc4ccccc4[nH]c3=O)CC2)c1)C(=O)OC. The van der Waals surface area contributed by atoms with Gasteiger partial charge in [0, 0.05) is 47.8 Å². The molecule has 6 aromatic rings. The second-order valence-electron chi connectivity index (χ2n) is 14.0. The van der Waals surface area contributed by atoms with E-state index in [2.05, 4.69) is 30.9 Å². The first kappa shape index (κ1) is 36.8. The van der Waals surface area contributed by atoms with Gasteiger partial charge in [-0.25, -0.2) is 19.2 Å². The zero-order valence-corrected chi connectivity index (χ0v) is 31.0. The van der Waals surface area contributed by atoms with E-state index in [1.165, 1.54) is 18.9 Å². The van der Waals surface area contributed by atoms with E-state index >= 15 is 0 Å². The number of nitrogens with one attached hydrogen (secondary N) is 4. The van der Waals surface area contributed by atoms with Gasteiger partial charge >= 0.3 is 24.0 Å². The van der Waals surface area contributed by atoms with Crippen molar-refractivity contribution in [2.24, 2.45) is 0 Å². The summed E-state index contributed by atoms with van der Waals surface area (Å²) < 4.78 is 11.4. The zero-order valence-electron chi connectivity index (χ0n) is 31.0. The van der Waals surface area contributed by atoms with Gasteiger partial charge in [0.25, 0.3) is 5.56 Å². The lowest BCUT2D eigenvalue weighted by molar-refractivity contribution is -0.143. The van der Waals surface area contributed by atoms with Gasteiger partial charge in [0.2, 0.25) is 0 Å². The summed E-state index contributed by atoms with van der Waals surface area (Å²) in [4.78, 5) is 70.3. The first-order chi connectivity index (χ1) is 26.5. The minimum atomic E-state index is -1.10. The van der Waals surface area contributed by atoms with Crippen molar-refractivity contribution in [1.29, 1.82) is 0 Å². The maximum Gasteiger partial charge on any atom is 0.345 e. The molecule has 0 radical (unpaired) electrons. The number of H-pyrrole nitrogens is 2. The van der Waals surface area contributed by atoms with Gasteiger partial charge in [0.15, 0.2) is 0 Å². The van der Waals surface area contributed by atoms with Gasteiger partial charge in [-0.15, -0.1) is 0 Å². The molecular weight excluding hydrogens is 704 g/mol. The van der Waals surface area contributed by atoms with E-state index < -0.39 is 30.1 Å². The molecule has 0 unspecified atom stereocenters. The van der Waals surface area contributed by atoms with E-state index in [0.717, 1.165) is 44.1 Å². The fraction of sp³-hybridized carbons (Fsp3) is 0.325. The highest BCUT2D eigenvalue weighted by molar-refractivity contribution is 5.93. The Balaban J connectivity index is 1.02.